The van der Waals surface area contributed by atoms with Crippen LogP contribution in [0.25, 0.3) is 20.2 Å². The van der Waals surface area contributed by atoms with Gasteiger partial charge in [-0.05, 0) is 42.2 Å². The Labute approximate surface area is 128 Å². The lowest BCUT2D eigenvalue weighted by molar-refractivity contribution is -0.136. The van der Waals surface area contributed by atoms with Gasteiger partial charge >= 0.3 is 5.97 Å². The van der Waals surface area contributed by atoms with Crippen LogP contribution in [0.4, 0.5) is 0 Å². The van der Waals surface area contributed by atoms with Gasteiger partial charge in [-0.25, -0.2) is 0 Å². The van der Waals surface area contributed by atoms with E-state index < -0.39 is 5.97 Å². The summed E-state index contributed by atoms with van der Waals surface area (Å²) in [7, 11) is 0. The van der Waals surface area contributed by atoms with Gasteiger partial charge in [0.25, 0.3) is 0 Å². The van der Waals surface area contributed by atoms with Gasteiger partial charge in [-0.15, -0.1) is 11.3 Å². The molecular formula is C18H18O2S. The van der Waals surface area contributed by atoms with E-state index in [0.29, 0.717) is 0 Å². The number of hydrogen-bond acceptors (Lipinski definition) is 2. The van der Waals surface area contributed by atoms with Crippen LogP contribution in [0.2, 0.25) is 0 Å². The molecule has 0 amide bonds. The number of benzene rings is 2. The van der Waals surface area contributed by atoms with Crippen molar-refractivity contribution in [3.63, 3.8) is 0 Å². The van der Waals surface area contributed by atoms with E-state index in [1.807, 2.05) is 12.1 Å². The third-order valence-corrected chi connectivity index (χ3v) is 4.91. The van der Waals surface area contributed by atoms with E-state index in [0.717, 1.165) is 12.0 Å². The second-order valence-corrected chi connectivity index (χ2v) is 6.52. The summed E-state index contributed by atoms with van der Waals surface area (Å²) in [6.45, 7) is 2.21. The van der Waals surface area contributed by atoms with Crippen LogP contribution >= 0.6 is 11.3 Å². The van der Waals surface area contributed by atoms with Gasteiger partial charge in [0.2, 0.25) is 0 Å². The van der Waals surface area contributed by atoms with E-state index in [-0.39, 0.29) is 6.42 Å². The van der Waals surface area contributed by atoms with Crippen LogP contribution in [0.5, 0.6) is 0 Å². The fraction of sp³-hybridized carbons (Fsp3) is 0.278. The fourth-order valence-electron chi connectivity index (χ4n) is 2.69. The first kappa shape index (κ1) is 14.1. The summed E-state index contributed by atoms with van der Waals surface area (Å²) in [6.07, 6.45) is 3.64. The van der Waals surface area contributed by atoms with Crippen LogP contribution < -0.4 is 0 Å². The molecule has 0 aliphatic carbocycles. The number of aryl methyl sites for hydroxylation is 1. The van der Waals surface area contributed by atoms with E-state index in [1.165, 1.54) is 38.6 Å². The molecule has 2 aromatic carbocycles. The highest BCUT2D eigenvalue weighted by Crippen LogP contribution is 2.35. The number of unbranched alkanes of at least 4 members (excludes halogenated alkanes) is 1. The van der Waals surface area contributed by atoms with Crippen LogP contribution in [-0.2, 0) is 17.6 Å². The van der Waals surface area contributed by atoms with Crippen molar-refractivity contribution in [3.8, 4) is 0 Å². The standard InChI is InChI=1S/C18H18O2S/c1-2-3-4-12-6-8-16-15(9-12)14-7-5-13(11-18(19)20)10-17(14)21-16/h5-10H,2-4,11H2,1H3,(H,19,20). The molecule has 0 aliphatic rings. The van der Waals surface area contributed by atoms with Crippen molar-refractivity contribution in [1.82, 2.24) is 0 Å². The highest BCUT2D eigenvalue weighted by molar-refractivity contribution is 7.25. The monoisotopic (exact) mass is 298 g/mol. The molecular weight excluding hydrogens is 280 g/mol. The van der Waals surface area contributed by atoms with E-state index >= 15 is 0 Å². The van der Waals surface area contributed by atoms with Gasteiger partial charge in [0, 0.05) is 20.2 Å². The molecule has 0 unspecified atom stereocenters. The molecule has 0 bridgehead atoms. The number of carboxylic acids is 1. The van der Waals surface area contributed by atoms with Crippen molar-refractivity contribution in [3.05, 3.63) is 47.5 Å². The Morgan fingerprint density at radius 1 is 1.05 bits per heavy atom. The molecule has 108 valence electrons. The minimum absolute atomic E-state index is 0.0892. The summed E-state index contributed by atoms with van der Waals surface area (Å²) in [4.78, 5) is 10.8. The van der Waals surface area contributed by atoms with Crippen LogP contribution in [0, 0.1) is 0 Å². The van der Waals surface area contributed by atoms with Crippen molar-refractivity contribution >= 4 is 37.5 Å². The first-order chi connectivity index (χ1) is 10.2. The largest absolute Gasteiger partial charge is 0.481 e. The Bertz CT molecular complexity index is 801. The highest BCUT2D eigenvalue weighted by atomic mass is 32.1. The molecule has 0 spiro atoms. The second kappa shape index (κ2) is 5.86. The first-order valence-corrected chi connectivity index (χ1v) is 8.15. The maximum absolute atomic E-state index is 10.8. The Kier molecular flexibility index (Phi) is 3.93. The molecule has 1 N–H and O–H groups in total. The molecule has 21 heavy (non-hydrogen) atoms. The number of hydrogen-bond donors (Lipinski definition) is 1. The van der Waals surface area contributed by atoms with E-state index in [4.69, 9.17) is 5.11 Å². The first-order valence-electron chi connectivity index (χ1n) is 7.33. The molecule has 0 fully saturated rings. The lowest BCUT2D eigenvalue weighted by Gasteiger charge is -2.01. The Morgan fingerprint density at radius 3 is 2.62 bits per heavy atom. The van der Waals surface area contributed by atoms with E-state index in [9.17, 15) is 4.79 Å². The van der Waals surface area contributed by atoms with E-state index in [1.54, 1.807) is 11.3 Å². The summed E-state index contributed by atoms with van der Waals surface area (Å²) in [5.74, 6) is -0.780. The zero-order valence-electron chi connectivity index (χ0n) is 12.1. The SMILES string of the molecule is CCCCc1ccc2sc3cc(CC(=O)O)ccc3c2c1. The van der Waals surface area contributed by atoms with Crippen molar-refractivity contribution in [2.75, 3.05) is 0 Å². The normalized spacial score (nSPS) is 11.3. The van der Waals surface area contributed by atoms with Crippen LogP contribution in [0.1, 0.15) is 30.9 Å². The summed E-state index contributed by atoms with van der Waals surface area (Å²) >= 11 is 1.74. The predicted octanol–water partition coefficient (Wildman–Crippen LogP) is 5.02. The lowest BCUT2D eigenvalue weighted by atomic mass is 10.0. The topological polar surface area (TPSA) is 37.3 Å². The maximum Gasteiger partial charge on any atom is 0.307 e. The van der Waals surface area contributed by atoms with Gasteiger partial charge in [0.05, 0.1) is 6.42 Å². The summed E-state index contributed by atoms with van der Waals surface area (Å²) in [5.41, 5.74) is 2.26. The van der Waals surface area contributed by atoms with Gasteiger partial charge < -0.3 is 5.11 Å². The number of aliphatic carboxylic acids is 1. The van der Waals surface area contributed by atoms with Crippen LogP contribution in [-0.4, -0.2) is 11.1 Å². The van der Waals surface area contributed by atoms with Gasteiger partial charge in [0.1, 0.15) is 0 Å². The maximum atomic E-state index is 10.8. The molecule has 3 aromatic rings. The van der Waals surface area contributed by atoms with Gasteiger partial charge in [-0.3, -0.25) is 4.79 Å². The quantitative estimate of drug-likeness (QED) is 0.717. The third kappa shape index (κ3) is 2.93. The van der Waals surface area contributed by atoms with Crippen molar-refractivity contribution < 1.29 is 9.90 Å². The smallest absolute Gasteiger partial charge is 0.307 e. The molecule has 3 rings (SSSR count). The minimum Gasteiger partial charge on any atom is -0.481 e. The van der Waals surface area contributed by atoms with Gasteiger partial charge in [-0.1, -0.05) is 31.5 Å². The van der Waals surface area contributed by atoms with Crippen LogP contribution in [0.3, 0.4) is 0 Å². The number of fused-ring (bicyclic) bond motifs is 3. The third-order valence-electron chi connectivity index (χ3n) is 3.77. The average molecular weight is 298 g/mol. The number of rotatable bonds is 5. The molecule has 0 aliphatic heterocycles. The number of carbonyl (C=O) groups is 1. The van der Waals surface area contributed by atoms with Gasteiger partial charge in [-0.2, -0.15) is 0 Å². The van der Waals surface area contributed by atoms with Crippen molar-refractivity contribution in [1.29, 1.82) is 0 Å². The van der Waals surface area contributed by atoms with Crippen LogP contribution in [0.15, 0.2) is 36.4 Å². The Hall–Kier alpha value is -1.87. The van der Waals surface area contributed by atoms with Gasteiger partial charge in [0.15, 0.2) is 0 Å². The predicted molar refractivity (Wildman–Crippen MR) is 89.3 cm³/mol. The average Bonchev–Trinajstić information content (AvgIpc) is 2.81. The minimum atomic E-state index is -0.780. The summed E-state index contributed by atoms with van der Waals surface area (Å²) in [5, 5.41) is 11.4. The zero-order valence-corrected chi connectivity index (χ0v) is 12.9. The second-order valence-electron chi connectivity index (χ2n) is 5.44. The summed E-state index contributed by atoms with van der Waals surface area (Å²) < 4.78 is 2.45. The Balaban J connectivity index is 2.05. The molecule has 1 heterocycles. The van der Waals surface area contributed by atoms with Crippen molar-refractivity contribution in [2.45, 2.75) is 32.6 Å². The number of carboxylic acid groups (broad SMARTS) is 1. The highest BCUT2D eigenvalue weighted by Gasteiger charge is 2.08. The Morgan fingerprint density at radius 2 is 1.86 bits per heavy atom. The number of thiophene rings is 1. The fourth-order valence-corrected chi connectivity index (χ4v) is 3.84. The lowest BCUT2D eigenvalue weighted by Crippen LogP contribution is -1.99. The molecule has 2 nitrogen and oxygen atoms in total. The molecule has 3 heteroatoms. The van der Waals surface area contributed by atoms with E-state index in [2.05, 4.69) is 31.2 Å². The molecule has 0 atom stereocenters. The molecule has 0 saturated carbocycles. The molecule has 0 saturated heterocycles. The zero-order chi connectivity index (χ0) is 14.8. The van der Waals surface area contributed by atoms with Crippen molar-refractivity contribution in [2.24, 2.45) is 0 Å². The molecule has 0 radical (unpaired) electrons. The molecule has 1 aromatic heterocycles. The summed E-state index contributed by atoms with van der Waals surface area (Å²) in [6, 6.07) is 12.7.